The first-order valence-electron chi connectivity index (χ1n) is 8.21. The normalized spacial score (nSPS) is 18.5. The first kappa shape index (κ1) is 13.7. The highest BCUT2D eigenvalue weighted by molar-refractivity contribution is 5.60. The fourth-order valence-corrected chi connectivity index (χ4v) is 3.04. The number of aryl methyl sites for hydroxylation is 1. The fraction of sp³-hybridized carbons (Fsp3) is 0.444. The summed E-state index contributed by atoms with van der Waals surface area (Å²) >= 11 is 0. The van der Waals surface area contributed by atoms with Gasteiger partial charge in [0.05, 0.1) is 17.6 Å². The molecule has 0 bridgehead atoms. The van der Waals surface area contributed by atoms with Crippen LogP contribution in [0.25, 0.3) is 11.4 Å². The van der Waals surface area contributed by atoms with Gasteiger partial charge in [-0.05, 0) is 19.8 Å². The van der Waals surface area contributed by atoms with Crippen LogP contribution in [0.5, 0.6) is 0 Å². The largest absolute Gasteiger partial charge is 0.366 e. The lowest BCUT2D eigenvalue weighted by Gasteiger charge is -2.30. The highest BCUT2D eigenvalue weighted by atomic mass is 15.2. The maximum atomic E-state index is 4.94. The van der Waals surface area contributed by atoms with Crippen molar-refractivity contribution in [3.8, 4) is 11.4 Å². The van der Waals surface area contributed by atoms with Crippen LogP contribution in [0.3, 0.4) is 0 Å². The van der Waals surface area contributed by atoms with Crippen LogP contribution in [-0.4, -0.2) is 36.1 Å². The highest BCUT2D eigenvalue weighted by Crippen LogP contribution is 2.43. The van der Waals surface area contributed by atoms with Gasteiger partial charge in [-0.2, -0.15) is 0 Å². The van der Waals surface area contributed by atoms with Crippen molar-refractivity contribution in [2.24, 2.45) is 0 Å². The number of anilines is 1. The lowest BCUT2D eigenvalue weighted by Crippen LogP contribution is -2.44. The average molecular weight is 294 g/mol. The van der Waals surface area contributed by atoms with Crippen LogP contribution in [0.15, 0.2) is 30.5 Å². The maximum Gasteiger partial charge on any atom is 0.159 e. The molecule has 1 saturated carbocycles. The van der Waals surface area contributed by atoms with Gasteiger partial charge in [0.25, 0.3) is 0 Å². The molecular weight excluding hydrogens is 272 g/mol. The van der Waals surface area contributed by atoms with Gasteiger partial charge in [-0.1, -0.05) is 29.8 Å². The van der Waals surface area contributed by atoms with Gasteiger partial charge in [0, 0.05) is 37.7 Å². The Morgan fingerprint density at radius 2 is 1.82 bits per heavy atom. The van der Waals surface area contributed by atoms with Crippen molar-refractivity contribution in [2.75, 3.05) is 31.1 Å². The number of piperazine rings is 1. The minimum absolute atomic E-state index is 0.636. The topological polar surface area (TPSA) is 41.1 Å². The molecule has 1 aromatic carbocycles. The number of aromatic nitrogens is 2. The molecule has 2 aromatic rings. The molecule has 4 rings (SSSR count). The van der Waals surface area contributed by atoms with E-state index in [1.807, 2.05) is 6.20 Å². The Kier molecular flexibility index (Phi) is 3.54. The van der Waals surface area contributed by atoms with E-state index in [0.29, 0.717) is 5.92 Å². The van der Waals surface area contributed by atoms with Crippen molar-refractivity contribution in [3.63, 3.8) is 0 Å². The van der Waals surface area contributed by atoms with Crippen LogP contribution < -0.4 is 10.2 Å². The van der Waals surface area contributed by atoms with Gasteiger partial charge in [0.15, 0.2) is 5.82 Å². The van der Waals surface area contributed by atoms with Crippen molar-refractivity contribution in [2.45, 2.75) is 25.7 Å². The molecule has 1 aliphatic carbocycles. The Morgan fingerprint density at radius 3 is 2.50 bits per heavy atom. The zero-order valence-electron chi connectivity index (χ0n) is 13.0. The third kappa shape index (κ3) is 2.71. The number of hydrogen-bond donors (Lipinski definition) is 1. The summed E-state index contributed by atoms with van der Waals surface area (Å²) in [7, 11) is 0. The summed E-state index contributed by atoms with van der Waals surface area (Å²) in [5, 5.41) is 3.41. The molecule has 2 heterocycles. The molecule has 2 aliphatic rings. The van der Waals surface area contributed by atoms with Crippen LogP contribution in [0.2, 0.25) is 0 Å². The quantitative estimate of drug-likeness (QED) is 0.945. The second-order valence-corrected chi connectivity index (χ2v) is 6.34. The summed E-state index contributed by atoms with van der Waals surface area (Å²) in [6, 6.07) is 8.48. The molecule has 2 fully saturated rings. The molecule has 1 aromatic heterocycles. The standard InChI is InChI=1S/C18H22N4/c1-13-2-4-15(5-3-13)18-20-12-16(17(21-18)14-6-7-14)22-10-8-19-9-11-22/h2-5,12,14,19H,6-11H2,1H3. The van der Waals surface area contributed by atoms with E-state index in [0.717, 1.165) is 37.6 Å². The van der Waals surface area contributed by atoms with Gasteiger partial charge in [0.2, 0.25) is 0 Å². The minimum atomic E-state index is 0.636. The molecule has 0 radical (unpaired) electrons. The minimum Gasteiger partial charge on any atom is -0.366 e. The van der Waals surface area contributed by atoms with Crippen LogP contribution in [0.4, 0.5) is 5.69 Å². The lowest BCUT2D eigenvalue weighted by atomic mass is 10.1. The van der Waals surface area contributed by atoms with Gasteiger partial charge >= 0.3 is 0 Å². The molecule has 4 nitrogen and oxygen atoms in total. The van der Waals surface area contributed by atoms with Gasteiger partial charge in [0.1, 0.15) is 0 Å². The zero-order chi connectivity index (χ0) is 14.9. The average Bonchev–Trinajstić information content (AvgIpc) is 3.41. The Bertz CT molecular complexity index is 655. The van der Waals surface area contributed by atoms with Gasteiger partial charge in [-0.3, -0.25) is 0 Å². The molecule has 22 heavy (non-hydrogen) atoms. The van der Waals surface area contributed by atoms with Gasteiger partial charge < -0.3 is 10.2 Å². The van der Waals surface area contributed by atoms with E-state index >= 15 is 0 Å². The third-order valence-electron chi connectivity index (χ3n) is 4.53. The maximum absolute atomic E-state index is 4.94. The number of nitrogens with zero attached hydrogens (tertiary/aromatic N) is 3. The Hall–Kier alpha value is -1.94. The van der Waals surface area contributed by atoms with E-state index in [9.17, 15) is 0 Å². The molecular formula is C18H22N4. The first-order chi connectivity index (χ1) is 10.8. The second-order valence-electron chi connectivity index (χ2n) is 6.34. The molecule has 0 amide bonds. The van der Waals surface area contributed by atoms with Crippen molar-refractivity contribution in [3.05, 3.63) is 41.7 Å². The molecule has 4 heteroatoms. The monoisotopic (exact) mass is 294 g/mol. The summed E-state index contributed by atoms with van der Waals surface area (Å²) in [5.41, 5.74) is 4.88. The van der Waals surface area contributed by atoms with Crippen LogP contribution in [-0.2, 0) is 0 Å². The van der Waals surface area contributed by atoms with Crippen LogP contribution in [0, 0.1) is 6.92 Å². The molecule has 1 aliphatic heterocycles. The SMILES string of the molecule is Cc1ccc(-c2ncc(N3CCNCC3)c(C3CC3)n2)cc1. The van der Waals surface area contributed by atoms with Crippen LogP contribution in [0.1, 0.15) is 30.0 Å². The predicted octanol–water partition coefficient (Wildman–Crippen LogP) is 2.74. The van der Waals surface area contributed by atoms with E-state index in [1.165, 1.54) is 29.8 Å². The highest BCUT2D eigenvalue weighted by Gasteiger charge is 2.30. The van der Waals surface area contributed by atoms with E-state index in [-0.39, 0.29) is 0 Å². The zero-order valence-corrected chi connectivity index (χ0v) is 13.0. The number of nitrogens with one attached hydrogen (secondary N) is 1. The molecule has 0 unspecified atom stereocenters. The summed E-state index contributed by atoms with van der Waals surface area (Å²) in [6.45, 7) is 6.29. The molecule has 114 valence electrons. The number of hydrogen-bond acceptors (Lipinski definition) is 4. The van der Waals surface area contributed by atoms with Crippen molar-refractivity contribution < 1.29 is 0 Å². The smallest absolute Gasteiger partial charge is 0.159 e. The number of benzene rings is 1. The molecule has 1 saturated heterocycles. The van der Waals surface area contributed by atoms with Crippen molar-refractivity contribution >= 4 is 5.69 Å². The van der Waals surface area contributed by atoms with E-state index in [4.69, 9.17) is 4.98 Å². The Balaban J connectivity index is 1.70. The van der Waals surface area contributed by atoms with E-state index < -0.39 is 0 Å². The molecule has 0 spiro atoms. The molecule has 1 N–H and O–H groups in total. The fourth-order valence-electron chi connectivity index (χ4n) is 3.04. The Labute approximate surface area is 131 Å². The third-order valence-corrected chi connectivity index (χ3v) is 4.53. The summed E-state index contributed by atoms with van der Waals surface area (Å²) in [6.07, 6.45) is 4.58. The van der Waals surface area contributed by atoms with Gasteiger partial charge in [-0.25, -0.2) is 9.97 Å². The molecule has 0 atom stereocenters. The Morgan fingerprint density at radius 1 is 1.09 bits per heavy atom. The lowest BCUT2D eigenvalue weighted by molar-refractivity contribution is 0.586. The van der Waals surface area contributed by atoms with Crippen molar-refractivity contribution in [1.82, 2.24) is 15.3 Å². The summed E-state index contributed by atoms with van der Waals surface area (Å²) in [4.78, 5) is 12.0. The van der Waals surface area contributed by atoms with E-state index in [2.05, 4.69) is 46.4 Å². The van der Waals surface area contributed by atoms with Crippen LogP contribution >= 0.6 is 0 Å². The number of rotatable bonds is 3. The predicted molar refractivity (Wildman–Crippen MR) is 89.3 cm³/mol. The van der Waals surface area contributed by atoms with E-state index in [1.54, 1.807) is 0 Å². The summed E-state index contributed by atoms with van der Waals surface area (Å²) < 4.78 is 0. The summed E-state index contributed by atoms with van der Waals surface area (Å²) in [5.74, 6) is 1.50. The first-order valence-corrected chi connectivity index (χ1v) is 8.21. The van der Waals surface area contributed by atoms with Gasteiger partial charge in [-0.15, -0.1) is 0 Å². The van der Waals surface area contributed by atoms with Crippen molar-refractivity contribution in [1.29, 1.82) is 0 Å². The second kappa shape index (κ2) is 5.69.